The SMILES string of the molecule is C.C.CCC(=O)C1C2CC3C(OC(=O)C31)C2OC(=O)COC(=O)C(C)(C)CC. The van der Waals surface area contributed by atoms with Crippen molar-refractivity contribution in [3.05, 3.63) is 0 Å². The van der Waals surface area contributed by atoms with Gasteiger partial charge in [0.2, 0.25) is 0 Å². The summed E-state index contributed by atoms with van der Waals surface area (Å²) in [5.41, 5.74) is -0.667. The normalized spacial score (nSPS) is 32.1. The average Bonchev–Trinajstić information content (AvgIpc) is 3.22. The highest BCUT2D eigenvalue weighted by molar-refractivity contribution is 5.90. The quantitative estimate of drug-likeness (QED) is 0.480. The molecule has 0 N–H and O–H groups in total. The highest BCUT2D eigenvalue weighted by Gasteiger charge is 2.69. The van der Waals surface area contributed by atoms with Gasteiger partial charge in [0.15, 0.2) is 6.61 Å². The first-order valence-electron chi connectivity index (χ1n) is 9.31. The summed E-state index contributed by atoms with van der Waals surface area (Å²) in [7, 11) is 0. The van der Waals surface area contributed by atoms with Crippen LogP contribution in [0, 0.1) is 29.1 Å². The van der Waals surface area contributed by atoms with Crippen LogP contribution in [0.4, 0.5) is 0 Å². The Balaban J connectivity index is 0.00000196. The van der Waals surface area contributed by atoms with Crippen molar-refractivity contribution in [1.82, 2.24) is 0 Å². The van der Waals surface area contributed by atoms with E-state index in [1.807, 2.05) is 6.92 Å². The predicted octanol–water partition coefficient (Wildman–Crippen LogP) is 2.94. The van der Waals surface area contributed by atoms with Crippen LogP contribution in [-0.4, -0.2) is 42.5 Å². The minimum Gasteiger partial charge on any atom is -0.458 e. The summed E-state index contributed by atoms with van der Waals surface area (Å²) in [4.78, 5) is 48.6. The molecule has 6 unspecified atom stereocenters. The molecule has 1 heterocycles. The van der Waals surface area contributed by atoms with Gasteiger partial charge in [0.1, 0.15) is 18.0 Å². The Labute approximate surface area is 167 Å². The van der Waals surface area contributed by atoms with Crippen LogP contribution in [-0.2, 0) is 33.4 Å². The molecule has 0 spiro atoms. The second-order valence-electron chi connectivity index (χ2n) is 8.10. The van der Waals surface area contributed by atoms with Crippen molar-refractivity contribution in [3.63, 3.8) is 0 Å². The van der Waals surface area contributed by atoms with Gasteiger partial charge in [0.25, 0.3) is 0 Å². The fourth-order valence-electron chi connectivity index (χ4n) is 4.47. The fraction of sp³-hybridized carbons (Fsp3) is 0.810. The van der Waals surface area contributed by atoms with Crippen LogP contribution in [0.3, 0.4) is 0 Å². The van der Waals surface area contributed by atoms with E-state index in [9.17, 15) is 19.2 Å². The standard InChI is InChI=1S/C19H26O7.2CH4/c1-5-11(20)13-9-7-10-14(13)17(22)26-16(10)15(9)25-12(21)8-24-18(23)19(3,4)6-2;;/h9-10,13-16H,5-8H2,1-4H3;2*1H4. The molecule has 3 aliphatic rings. The molecular formula is C21H34O7. The number of ketones is 1. The maximum atomic E-state index is 12.3. The van der Waals surface area contributed by atoms with E-state index in [1.54, 1.807) is 20.8 Å². The third-order valence-electron chi connectivity index (χ3n) is 6.29. The van der Waals surface area contributed by atoms with Crippen molar-refractivity contribution in [2.45, 2.75) is 74.0 Å². The van der Waals surface area contributed by atoms with Gasteiger partial charge in [0, 0.05) is 24.2 Å². The first kappa shape index (κ1) is 24.1. The summed E-state index contributed by atoms with van der Waals surface area (Å²) < 4.78 is 16.0. The van der Waals surface area contributed by atoms with E-state index in [2.05, 4.69) is 0 Å². The first-order valence-corrected chi connectivity index (χ1v) is 9.31. The number of esters is 3. The van der Waals surface area contributed by atoms with Crippen molar-refractivity contribution < 1.29 is 33.4 Å². The topological polar surface area (TPSA) is 96.0 Å². The van der Waals surface area contributed by atoms with E-state index in [0.29, 0.717) is 19.3 Å². The lowest BCUT2D eigenvalue weighted by Crippen LogP contribution is -2.43. The monoisotopic (exact) mass is 398 g/mol. The molecule has 0 radical (unpaired) electrons. The van der Waals surface area contributed by atoms with Gasteiger partial charge in [-0.15, -0.1) is 0 Å². The van der Waals surface area contributed by atoms with Crippen molar-refractivity contribution in [1.29, 1.82) is 0 Å². The molecule has 0 aromatic rings. The van der Waals surface area contributed by atoms with Crippen LogP contribution < -0.4 is 0 Å². The minimum absolute atomic E-state index is 0. The molecule has 6 atom stereocenters. The van der Waals surface area contributed by atoms with E-state index in [1.165, 1.54) is 0 Å². The average molecular weight is 398 g/mol. The summed E-state index contributed by atoms with van der Waals surface area (Å²) >= 11 is 0. The number of hydrogen-bond donors (Lipinski definition) is 0. The highest BCUT2D eigenvalue weighted by Crippen LogP contribution is 2.59. The van der Waals surface area contributed by atoms with Gasteiger partial charge in [-0.2, -0.15) is 0 Å². The number of Topliss-reactive ketones (excluding diaryl/α,β-unsaturated/α-hetero) is 1. The van der Waals surface area contributed by atoms with Crippen LogP contribution in [0.25, 0.3) is 0 Å². The van der Waals surface area contributed by atoms with E-state index >= 15 is 0 Å². The zero-order valence-corrected chi connectivity index (χ0v) is 15.7. The molecule has 7 nitrogen and oxygen atoms in total. The number of rotatable bonds is 7. The number of fused-ring (bicyclic) bond motifs is 1. The van der Waals surface area contributed by atoms with Gasteiger partial charge >= 0.3 is 17.9 Å². The third kappa shape index (κ3) is 3.80. The number of ether oxygens (including phenoxy) is 3. The minimum atomic E-state index is -0.676. The van der Waals surface area contributed by atoms with Crippen LogP contribution in [0.1, 0.15) is 61.8 Å². The van der Waals surface area contributed by atoms with Gasteiger partial charge in [0.05, 0.1) is 11.3 Å². The van der Waals surface area contributed by atoms with Crippen molar-refractivity contribution in [3.8, 4) is 0 Å². The molecule has 2 bridgehead atoms. The lowest BCUT2D eigenvalue weighted by Gasteiger charge is -2.30. The molecule has 1 aliphatic heterocycles. The third-order valence-corrected chi connectivity index (χ3v) is 6.29. The van der Waals surface area contributed by atoms with Crippen molar-refractivity contribution in [2.24, 2.45) is 29.1 Å². The second kappa shape index (κ2) is 8.62. The number of carbonyl (C=O) groups is 4. The second-order valence-corrected chi connectivity index (χ2v) is 8.10. The van der Waals surface area contributed by atoms with Crippen molar-refractivity contribution in [2.75, 3.05) is 6.61 Å². The summed E-state index contributed by atoms with van der Waals surface area (Å²) in [5, 5.41) is 0. The smallest absolute Gasteiger partial charge is 0.344 e. The molecule has 28 heavy (non-hydrogen) atoms. The van der Waals surface area contributed by atoms with E-state index in [-0.39, 0.29) is 38.4 Å². The summed E-state index contributed by atoms with van der Waals surface area (Å²) in [6.07, 6.45) is 0.469. The summed E-state index contributed by atoms with van der Waals surface area (Å²) in [6.45, 7) is 6.64. The van der Waals surface area contributed by atoms with Crippen LogP contribution in [0.15, 0.2) is 0 Å². The highest BCUT2D eigenvalue weighted by atomic mass is 16.6. The Hall–Kier alpha value is -1.92. The zero-order chi connectivity index (χ0) is 19.2. The molecule has 1 saturated heterocycles. The fourth-order valence-corrected chi connectivity index (χ4v) is 4.47. The van der Waals surface area contributed by atoms with Crippen LogP contribution in [0.5, 0.6) is 0 Å². The summed E-state index contributed by atoms with van der Waals surface area (Å²) in [6, 6.07) is 0. The predicted molar refractivity (Wildman–Crippen MR) is 102 cm³/mol. The van der Waals surface area contributed by atoms with Gasteiger partial charge in [-0.1, -0.05) is 28.7 Å². The Morgan fingerprint density at radius 1 is 1.14 bits per heavy atom. The molecule has 0 aromatic carbocycles. The zero-order valence-electron chi connectivity index (χ0n) is 15.7. The Morgan fingerprint density at radius 3 is 2.36 bits per heavy atom. The Morgan fingerprint density at radius 2 is 1.79 bits per heavy atom. The maximum absolute atomic E-state index is 12.3. The molecule has 2 saturated carbocycles. The molecule has 2 aliphatic carbocycles. The number of hydrogen-bond acceptors (Lipinski definition) is 7. The molecule has 3 fully saturated rings. The van der Waals surface area contributed by atoms with E-state index in [0.717, 1.165) is 0 Å². The van der Waals surface area contributed by atoms with Gasteiger partial charge < -0.3 is 14.2 Å². The molecule has 3 rings (SSSR count). The Bertz CT molecular complexity index is 639. The lowest BCUT2D eigenvalue weighted by molar-refractivity contribution is -0.173. The molecule has 160 valence electrons. The van der Waals surface area contributed by atoms with E-state index in [4.69, 9.17) is 14.2 Å². The maximum Gasteiger partial charge on any atom is 0.344 e. The lowest BCUT2D eigenvalue weighted by atomic mass is 9.75. The first-order chi connectivity index (χ1) is 12.2. The molecular weight excluding hydrogens is 364 g/mol. The van der Waals surface area contributed by atoms with Crippen LogP contribution >= 0.6 is 0 Å². The van der Waals surface area contributed by atoms with Gasteiger partial charge in [-0.3, -0.25) is 14.4 Å². The molecule has 0 amide bonds. The summed E-state index contributed by atoms with van der Waals surface area (Å²) in [5.74, 6) is -2.57. The van der Waals surface area contributed by atoms with Crippen LogP contribution in [0.2, 0.25) is 0 Å². The number of carbonyl (C=O) groups excluding carboxylic acids is 4. The van der Waals surface area contributed by atoms with Gasteiger partial charge in [-0.25, -0.2) is 4.79 Å². The molecule has 0 aromatic heterocycles. The van der Waals surface area contributed by atoms with Gasteiger partial charge in [-0.05, 0) is 26.7 Å². The van der Waals surface area contributed by atoms with Crippen molar-refractivity contribution >= 4 is 23.7 Å². The van der Waals surface area contributed by atoms with E-state index < -0.39 is 48.0 Å². The largest absolute Gasteiger partial charge is 0.458 e. The Kier molecular flexibility index (Phi) is 7.42. The molecule has 7 heteroatoms.